The fourth-order valence-electron chi connectivity index (χ4n) is 4.61. The molecule has 29 heavy (non-hydrogen) atoms. The van der Waals surface area contributed by atoms with Crippen LogP contribution >= 0.6 is 0 Å². The molecule has 1 atom stereocenters. The summed E-state index contributed by atoms with van der Waals surface area (Å²) in [6.07, 6.45) is 4.48. The van der Waals surface area contributed by atoms with Crippen molar-refractivity contribution in [3.05, 3.63) is 59.2 Å². The lowest BCUT2D eigenvalue weighted by molar-refractivity contribution is -0.134. The number of fused-ring (bicyclic) bond motifs is 1. The molecule has 2 heterocycles. The van der Waals surface area contributed by atoms with Crippen LogP contribution in [-0.4, -0.2) is 56.1 Å². The fraction of sp³-hybridized carbons (Fsp3) is 0.458. The van der Waals surface area contributed by atoms with Crippen LogP contribution in [0.25, 0.3) is 0 Å². The lowest BCUT2D eigenvalue weighted by atomic mass is 9.87. The SMILES string of the molecule is COc1cc2c(cc1OC)C(c1ccccc1)N(C(=O)CN1CCCCC1)CC2. The minimum Gasteiger partial charge on any atom is -0.493 e. The maximum Gasteiger partial charge on any atom is 0.237 e. The second-order valence-corrected chi connectivity index (χ2v) is 7.89. The highest BCUT2D eigenvalue weighted by molar-refractivity contribution is 5.80. The molecule has 0 N–H and O–H groups in total. The molecular formula is C24H30N2O3. The molecule has 0 saturated carbocycles. The number of likely N-dealkylation sites (tertiary alicyclic amines) is 1. The van der Waals surface area contributed by atoms with E-state index in [1.807, 2.05) is 24.3 Å². The van der Waals surface area contributed by atoms with Crippen LogP contribution in [0.2, 0.25) is 0 Å². The van der Waals surface area contributed by atoms with Crippen molar-refractivity contribution in [2.45, 2.75) is 31.7 Å². The van der Waals surface area contributed by atoms with Crippen molar-refractivity contribution in [2.75, 3.05) is 40.4 Å². The van der Waals surface area contributed by atoms with E-state index in [-0.39, 0.29) is 11.9 Å². The highest BCUT2D eigenvalue weighted by atomic mass is 16.5. The van der Waals surface area contributed by atoms with E-state index in [1.165, 1.54) is 24.8 Å². The van der Waals surface area contributed by atoms with Crippen LogP contribution in [0.3, 0.4) is 0 Å². The molecule has 2 aromatic rings. The predicted molar refractivity (Wildman–Crippen MR) is 114 cm³/mol. The van der Waals surface area contributed by atoms with Crippen molar-refractivity contribution in [1.82, 2.24) is 9.80 Å². The summed E-state index contributed by atoms with van der Waals surface area (Å²) >= 11 is 0. The Hall–Kier alpha value is -2.53. The van der Waals surface area contributed by atoms with Crippen LogP contribution in [0.15, 0.2) is 42.5 Å². The van der Waals surface area contributed by atoms with Gasteiger partial charge in [-0.05, 0) is 61.2 Å². The number of hydrogen-bond donors (Lipinski definition) is 0. The summed E-state index contributed by atoms with van der Waals surface area (Å²) in [7, 11) is 3.32. The Morgan fingerprint density at radius 3 is 2.34 bits per heavy atom. The second kappa shape index (κ2) is 8.87. The summed E-state index contributed by atoms with van der Waals surface area (Å²) in [5.41, 5.74) is 3.48. The van der Waals surface area contributed by atoms with Gasteiger partial charge in [0.15, 0.2) is 11.5 Å². The normalized spacial score (nSPS) is 19.5. The summed E-state index contributed by atoms with van der Waals surface area (Å²) in [5.74, 6) is 1.66. The number of rotatable bonds is 5. The van der Waals surface area contributed by atoms with Crippen LogP contribution in [-0.2, 0) is 11.2 Å². The molecule has 0 spiro atoms. The first-order valence-electron chi connectivity index (χ1n) is 10.5. The fourth-order valence-corrected chi connectivity index (χ4v) is 4.61. The first-order valence-corrected chi connectivity index (χ1v) is 10.5. The van der Waals surface area contributed by atoms with E-state index < -0.39 is 0 Å². The quantitative estimate of drug-likeness (QED) is 0.776. The van der Waals surface area contributed by atoms with E-state index in [0.717, 1.165) is 36.4 Å². The minimum atomic E-state index is -0.1000. The zero-order valence-corrected chi connectivity index (χ0v) is 17.4. The zero-order valence-electron chi connectivity index (χ0n) is 17.4. The Morgan fingerprint density at radius 1 is 0.966 bits per heavy atom. The number of hydrogen-bond acceptors (Lipinski definition) is 4. The first kappa shape index (κ1) is 19.8. The maximum absolute atomic E-state index is 13.4. The lowest BCUT2D eigenvalue weighted by Crippen LogP contribution is -2.46. The molecular weight excluding hydrogens is 364 g/mol. The van der Waals surface area contributed by atoms with E-state index in [2.05, 4.69) is 28.0 Å². The zero-order chi connectivity index (χ0) is 20.2. The number of ether oxygens (including phenoxy) is 2. The van der Waals surface area contributed by atoms with Gasteiger partial charge in [0, 0.05) is 6.54 Å². The number of piperidine rings is 1. The molecule has 0 bridgehead atoms. The molecule has 1 unspecified atom stereocenters. The first-order chi connectivity index (χ1) is 14.2. The molecule has 154 valence electrons. The van der Waals surface area contributed by atoms with Gasteiger partial charge in [-0.1, -0.05) is 36.8 Å². The van der Waals surface area contributed by atoms with Crippen molar-refractivity contribution in [3.63, 3.8) is 0 Å². The van der Waals surface area contributed by atoms with Gasteiger partial charge in [0.2, 0.25) is 5.91 Å². The molecule has 2 aromatic carbocycles. The van der Waals surface area contributed by atoms with Gasteiger partial charge in [-0.15, -0.1) is 0 Å². The summed E-state index contributed by atoms with van der Waals surface area (Å²) in [6.45, 7) is 3.27. The van der Waals surface area contributed by atoms with E-state index in [0.29, 0.717) is 18.8 Å². The molecule has 2 aliphatic rings. The monoisotopic (exact) mass is 394 g/mol. The van der Waals surface area contributed by atoms with Crippen molar-refractivity contribution in [2.24, 2.45) is 0 Å². The third kappa shape index (κ3) is 4.10. The van der Waals surface area contributed by atoms with Crippen molar-refractivity contribution < 1.29 is 14.3 Å². The average molecular weight is 395 g/mol. The van der Waals surface area contributed by atoms with E-state index in [1.54, 1.807) is 14.2 Å². The summed E-state index contributed by atoms with van der Waals surface area (Å²) in [4.78, 5) is 17.7. The van der Waals surface area contributed by atoms with Gasteiger partial charge in [0.25, 0.3) is 0 Å². The number of carbonyl (C=O) groups is 1. The van der Waals surface area contributed by atoms with Gasteiger partial charge in [-0.3, -0.25) is 9.69 Å². The van der Waals surface area contributed by atoms with Crippen molar-refractivity contribution >= 4 is 5.91 Å². The van der Waals surface area contributed by atoms with Crippen LogP contribution < -0.4 is 9.47 Å². The summed E-state index contributed by atoms with van der Waals surface area (Å²) in [6, 6.07) is 14.3. The van der Waals surface area contributed by atoms with Gasteiger partial charge in [-0.25, -0.2) is 0 Å². The second-order valence-electron chi connectivity index (χ2n) is 7.89. The Kier molecular flexibility index (Phi) is 6.05. The highest BCUT2D eigenvalue weighted by Gasteiger charge is 2.33. The molecule has 2 aliphatic heterocycles. The molecule has 4 rings (SSSR count). The molecule has 5 heteroatoms. The molecule has 1 amide bonds. The van der Waals surface area contributed by atoms with Crippen molar-refractivity contribution in [1.29, 1.82) is 0 Å². The van der Waals surface area contributed by atoms with E-state index >= 15 is 0 Å². The average Bonchev–Trinajstić information content (AvgIpc) is 2.78. The molecule has 0 radical (unpaired) electrons. The highest BCUT2D eigenvalue weighted by Crippen LogP contribution is 2.41. The number of amides is 1. The standard InChI is InChI=1S/C24H30N2O3/c1-28-21-15-19-11-14-26(23(27)17-25-12-7-4-8-13-25)24(18-9-5-3-6-10-18)20(19)16-22(21)29-2/h3,5-6,9-10,15-16,24H,4,7-8,11-14,17H2,1-2H3. The number of benzene rings is 2. The van der Waals surface area contributed by atoms with E-state index in [9.17, 15) is 4.79 Å². The third-order valence-electron chi connectivity index (χ3n) is 6.12. The maximum atomic E-state index is 13.4. The van der Waals surface area contributed by atoms with Gasteiger partial charge in [0.05, 0.1) is 26.8 Å². The summed E-state index contributed by atoms with van der Waals surface area (Å²) < 4.78 is 11.1. The minimum absolute atomic E-state index is 0.1000. The van der Waals surface area contributed by atoms with Crippen LogP contribution in [0.1, 0.15) is 42.0 Å². The van der Waals surface area contributed by atoms with Gasteiger partial charge in [0.1, 0.15) is 0 Å². The summed E-state index contributed by atoms with van der Waals surface area (Å²) in [5, 5.41) is 0. The predicted octanol–water partition coefficient (Wildman–Crippen LogP) is 3.66. The number of carbonyl (C=O) groups excluding carboxylic acids is 1. The van der Waals surface area contributed by atoms with E-state index in [4.69, 9.17) is 9.47 Å². The topological polar surface area (TPSA) is 42.0 Å². The molecule has 5 nitrogen and oxygen atoms in total. The van der Waals surface area contributed by atoms with Gasteiger partial charge >= 0.3 is 0 Å². The third-order valence-corrected chi connectivity index (χ3v) is 6.12. The van der Waals surface area contributed by atoms with Gasteiger partial charge < -0.3 is 14.4 Å². The lowest BCUT2D eigenvalue weighted by Gasteiger charge is -2.39. The largest absolute Gasteiger partial charge is 0.493 e. The van der Waals surface area contributed by atoms with Crippen LogP contribution in [0.5, 0.6) is 11.5 Å². The van der Waals surface area contributed by atoms with Crippen LogP contribution in [0.4, 0.5) is 0 Å². The van der Waals surface area contributed by atoms with Crippen molar-refractivity contribution in [3.8, 4) is 11.5 Å². The van der Waals surface area contributed by atoms with Gasteiger partial charge in [-0.2, -0.15) is 0 Å². The molecule has 1 fully saturated rings. The molecule has 0 aromatic heterocycles. The van der Waals surface area contributed by atoms with Crippen LogP contribution in [0, 0.1) is 0 Å². The Labute approximate surface area is 173 Å². The smallest absolute Gasteiger partial charge is 0.237 e. The number of methoxy groups -OCH3 is 2. The Balaban J connectivity index is 1.70. The Morgan fingerprint density at radius 2 is 1.66 bits per heavy atom. The number of nitrogens with zero attached hydrogens (tertiary/aromatic N) is 2. The Bertz CT molecular complexity index is 847. The molecule has 1 saturated heterocycles. The molecule has 0 aliphatic carbocycles.